The monoisotopic (exact) mass is 197 g/mol. The molecule has 50 valence electrons. The molecule has 3 heteroatoms. The molecule has 0 unspecified atom stereocenters. The first kappa shape index (κ1) is 5.92. The molecule has 0 saturated heterocycles. The number of benzene rings is 1. The Labute approximate surface area is 65.9 Å². The van der Waals surface area contributed by atoms with Gasteiger partial charge >= 0.3 is 0 Å². The fourth-order valence-electron chi connectivity index (χ4n) is 0.834. The third kappa shape index (κ3) is 0.827. The lowest BCUT2D eigenvalue weighted by Crippen LogP contribution is -1.62. The zero-order valence-electron chi connectivity index (χ0n) is 5.04. The van der Waals surface area contributed by atoms with E-state index in [0.29, 0.717) is 0 Å². The topological polar surface area (TPSA) is 26.0 Å². The Morgan fingerprint density at radius 1 is 1.40 bits per heavy atom. The standard InChI is InChI=1S/C7H4BrNO/c8-6-2-1-5-4-9-10-7(5)3-6/h1-4H. The van der Waals surface area contributed by atoms with Crippen LogP contribution < -0.4 is 0 Å². The summed E-state index contributed by atoms with van der Waals surface area (Å²) in [4.78, 5) is 0. The molecular formula is C7H4BrNO. The van der Waals surface area contributed by atoms with Crippen molar-refractivity contribution in [2.75, 3.05) is 0 Å². The summed E-state index contributed by atoms with van der Waals surface area (Å²) in [5.74, 6) is 0. The molecule has 0 spiro atoms. The van der Waals surface area contributed by atoms with E-state index >= 15 is 0 Å². The molecule has 0 N–H and O–H groups in total. The normalized spacial score (nSPS) is 10.5. The Bertz CT molecular complexity index is 355. The maximum atomic E-state index is 4.92. The fourth-order valence-corrected chi connectivity index (χ4v) is 1.17. The predicted octanol–water partition coefficient (Wildman–Crippen LogP) is 2.59. The van der Waals surface area contributed by atoms with E-state index < -0.39 is 0 Å². The highest BCUT2D eigenvalue weighted by molar-refractivity contribution is 9.10. The molecule has 0 amide bonds. The van der Waals surface area contributed by atoms with E-state index in [-0.39, 0.29) is 0 Å². The lowest BCUT2D eigenvalue weighted by Gasteiger charge is -1.85. The van der Waals surface area contributed by atoms with Crippen molar-refractivity contribution in [2.45, 2.75) is 0 Å². The van der Waals surface area contributed by atoms with Gasteiger partial charge in [0, 0.05) is 9.86 Å². The first-order valence-corrected chi connectivity index (χ1v) is 3.65. The molecule has 1 heterocycles. The van der Waals surface area contributed by atoms with Gasteiger partial charge in [-0.15, -0.1) is 0 Å². The second-order valence-electron chi connectivity index (χ2n) is 2.01. The molecule has 2 aromatic rings. The van der Waals surface area contributed by atoms with Crippen molar-refractivity contribution < 1.29 is 4.52 Å². The third-order valence-electron chi connectivity index (χ3n) is 1.32. The summed E-state index contributed by atoms with van der Waals surface area (Å²) in [6, 6.07) is 5.80. The van der Waals surface area contributed by atoms with E-state index in [4.69, 9.17) is 4.52 Å². The first-order valence-electron chi connectivity index (χ1n) is 2.86. The Morgan fingerprint density at radius 2 is 2.30 bits per heavy atom. The minimum atomic E-state index is 0.814. The number of halogens is 1. The van der Waals surface area contributed by atoms with Crippen LogP contribution in [0.5, 0.6) is 0 Å². The minimum absolute atomic E-state index is 0.814. The van der Waals surface area contributed by atoms with Gasteiger partial charge in [0.15, 0.2) is 5.58 Å². The summed E-state index contributed by atoms with van der Waals surface area (Å²) in [6.07, 6.45) is 1.70. The van der Waals surface area contributed by atoms with Gasteiger partial charge in [0.25, 0.3) is 0 Å². The molecule has 1 aromatic carbocycles. The van der Waals surface area contributed by atoms with Crippen LogP contribution in [-0.2, 0) is 0 Å². The molecule has 0 radical (unpaired) electrons. The van der Waals surface area contributed by atoms with Crippen LogP contribution in [0.3, 0.4) is 0 Å². The molecule has 0 saturated carbocycles. The molecule has 0 atom stereocenters. The number of nitrogens with zero attached hydrogens (tertiary/aromatic N) is 1. The smallest absolute Gasteiger partial charge is 0.167 e. The Balaban J connectivity index is 2.86. The maximum absolute atomic E-state index is 4.92. The average molecular weight is 198 g/mol. The van der Waals surface area contributed by atoms with Gasteiger partial charge in [0.1, 0.15) is 0 Å². The van der Waals surface area contributed by atoms with Crippen LogP contribution >= 0.6 is 15.9 Å². The van der Waals surface area contributed by atoms with Crippen LogP contribution in [0.1, 0.15) is 0 Å². The van der Waals surface area contributed by atoms with Crippen molar-refractivity contribution in [3.63, 3.8) is 0 Å². The van der Waals surface area contributed by atoms with E-state index in [2.05, 4.69) is 21.1 Å². The molecule has 2 nitrogen and oxygen atoms in total. The Kier molecular flexibility index (Phi) is 1.24. The van der Waals surface area contributed by atoms with E-state index in [0.717, 1.165) is 15.4 Å². The molecule has 2 rings (SSSR count). The highest BCUT2D eigenvalue weighted by atomic mass is 79.9. The van der Waals surface area contributed by atoms with E-state index in [1.54, 1.807) is 6.20 Å². The summed E-state index contributed by atoms with van der Waals surface area (Å²) in [5.41, 5.74) is 0.814. The highest BCUT2D eigenvalue weighted by Crippen LogP contribution is 2.18. The Hall–Kier alpha value is -0.830. The number of rotatable bonds is 0. The van der Waals surface area contributed by atoms with Crippen LogP contribution in [-0.4, -0.2) is 5.16 Å². The van der Waals surface area contributed by atoms with Crippen LogP contribution in [0.15, 0.2) is 33.4 Å². The number of fused-ring (bicyclic) bond motifs is 1. The zero-order valence-corrected chi connectivity index (χ0v) is 6.63. The van der Waals surface area contributed by atoms with Gasteiger partial charge in [-0.05, 0) is 18.2 Å². The summed E-state index contributed by atoms with van der Waals surface area (Å²) in [7, 11) is 0. The van der Waals surface area contributed by atoms with E-state index in [1.165, 1.54) is 0 Å². The number of aromatic nitrogens is 1. The molecule has 1 aromatic heterocycles. The van der Waals surface area contributed by atoms with Crippen molar-refractivity contribution in [1.82, 2.24) is 5.16 Å². The highest BCUT2D eigenvalue weighted by Gasteiger charge is 1.96. The molecule has 0 aliphatic carbocycles. The maximum Gasteiger partial charge on any atom is 0.167 e. The van der Waals surface area contributed by atoms with Gasteiger partial charge in [-0.3, -0.25) is 0 Å². The van der Waals surface area contributed by atoms with E-state index in [9.17, 15) is 0 Å². The van der Waals surface area contributed by atoms with Gasteiger partial charge in [0.05, 0.1) is 6.20 Å². The molecular weight excluding hydrogens is 194 g/mol. The minimum Gasteiger partial charge on any atom is -0.356 e. The van der Waals surface area contributed by atoms with Crippen LogP contribution in [0.25, 0.3) is 11.0 Å². The fraction of sp³-hybridized carbons (Fsp3) is 0. The predicted molar refractivity (Wildman–Crippen MR) is 41.7 cm³/mol. The van der Waals surface area contributed by atoms with Gasteiger partial charge in [-0.2, -0.15) is 0 Å². The van der Waals surface area contributed by atoms with Crippen molar-refractivity contribution >= 4 is 26.9 Å². The first-order chi connectivity index (χ1) is 4.86. The largest absolute Gasteiger partial charge is 0.356 e. The number of hydrogen-bond donors (Lipinski definition) is 0. The van der Waals surface area contributed by atoms with Crippen molar-refractivity contribution in [2.24, 2.45) is 0 Å². The molecule has 0 aliphatic rings. The second-order valence-corrected chi connectivity index (χ2v) is 2.92. The van der Waals surface area contributed by atoms with Gasteiger partial charge < -0.3 is 4.52 Å². The molecule has 0 fully saturated rings. The van der Waals surface area contributed by atoms with Gasteiger partial charge in [-0.25, -0.2) is 0 Å². The van der Waals surface area contributed by atoms with Gasteiger partial charge in [0.2, 0.25) is 0 Å². The summed E-state index contributed by atoms with van der Waals surface area (Å²) >= 11 is 3.33. The lowest BCUT2D eigenvalue weighted by molar-refractivity contribution is 0.456. The van der Waals surface area contributed by atoms with Crippen LogP contribution in [0.2, 0.25) is 0 Å². The summed E-state index contributed by atoms with van der Waals surface area (Å²) < 4.78 is 5.93. The molecule has 0 bridgehead atoms. The van der Waals surface area contributed by atoms with Crippen molar-refractivity contribution in [1.29, 1.82) is 0 Å². The summed E-state index contributed by atoms with van der Waals surface area (Å²) in [5, 5.41) is 4.68. The number of hydrogen-bond acceptors (Lipinski definition) is 2. The summed E-state index contributed by atoms with van der Waals surface area (Å²) in [6.45, 7) is 0. The SMILES string of the molecule is Brc1ccc2cnoc2c1. The van der Waals surface area contributed by atoms with Crippen molar-refractivity contribution in [3.05, 3.63) is 28.9 Å². The Morgan fingerprint density at radius 3 is 3.20 bits per heavy atom. The lowest BCUT2D eigenvalue weighted by atomic mass is 10.3. The van der Waals surface area contributed by atoms with E-state index in [1.807, 2.05) is 18.2 Å². The van der Waals surface area contributed by atoms with Crippen molar-refractivity contribution in [3.8, 4) is 0 Å². The third-order valence-corrected chi connectivity index (χ3v) is 1.81. The molecule has 0 aliphatic heterocycles. The van der Waals surface area contributed by atoms with Gasteiger partial charge in [-0.1, -0.05) is 21.1 Å². The quantitative estimate of drug-likeness (QED) is 0.650. The zero-order chi connectivity index (χ0) is 6.97. The average Bonchev–Trinajstić information content (AvgIpc) is 2.33. The van der Waals surface area contributed by atoms with Crippen LogP contribution in [0, 0.1) is 0 Å². The second kappa shape index (κ2) is 2.09. The molecule has 10 heavy (non-hydrogen) atoms. The van der Waals surface area contributed by atoms with Crippen LogP contribution in [0.4, 0.5) is 0 Å².